The highest BCUT2D eigenvalue weighted by molar-refractivity contribution is 9.09. The molecule has 0 atom stereocenters. The zero-order chi connectivity index (χ0) is 8.44. The summed E-state index contributed by atoms with van der Waals surface area (Å²) in [6.07, 6.45) is 7.96. The molecular formula is C10H17BrO. The number of alkyl halides is 1. The second kappa shape index (κ2) is 3.67. The molecule has 2 heteroatoms. The zero-order valence-electron chi connectivity index (χ0n) is 7.52. The third-order valence-corrected chi connectivity index (χ3v) is 4.34. The molecule has 70 valence electrons. The van der Waals surface area contributed by atoms with Crippen LogP contribution in [0.4, 0.5) is 0 Å². The van der Waals surface area contributed by atoms with Crippen molar-refractivity contribution in [2.75, 3.05) is 11.9 Å². The minimum Gasteiger partial charge on any atom is -0.375 e. The molecule has 0 aromatic rings. The van der Waals surface area contributed by atoms with Gasteiger partial charge in [-0.05, 0) is 44.4 Å². The molecule has 0 unspecified atom stereocenters. The van der Waals surface area contributed by atoms with Crippen LogP contribution in [0.3, 0.4) is 0 Å². The highest BCUT2D eigenvalue weighted by Crippen LogP contribution is 2.41. The van der Waals surface area contributed by atoms with E-state index in [0.717, 1.165) is 12.5 Å². The third kappa shape index (κ3) is 1.69. The summed E-state index contributed by atoms with van der Waals surface area (Å²) in [5.41, 5.74) is 0.332. The molecule has 0 bridgehead atoms. The molecule has 0 aromatic heterocycles. The van der Waals surface area contributed by atoms with Gasteiger partial charge in [-0.25, -0.2) is 0 Å². The quantitative estimate of drug-likeness (QED) is 0.632. The maximum atomic E-state index is 5.86. The highest BCUT2D eigenvalue weighted by Gasteiger charge is 2.38. The van der Waals surface area contributed by atoms with Gasteiger partial charge in [0.05, 0.1) is 5.60 Å². The summed E-state index contributed by atoms with van der Waals surface area (Å²) in [6.45, 7) is 1.01. The van der Waals surface area contributed by atoms with Gasteiger partial charge in [0.1, 0.15) is 0 Å². The van der Waals surface area contributed by atoms with Crippen molar-refractivity contribution in [3.8, 4) is 0 Å². The van der Waals surface area contributed by atoms with Crippen molar-refractivity contribution >= 4 is 15.9 Å². The van der Waals surface area contributed by atoms with Crippen LogP contribution in [-0.4, -0.2) is 17.5 Å². The van der Waals surface area contributed by atoms with E-state index in [1.54, 1.807) is 0 Å². The van der Waals surface area contributed by atoms with E-state index in [0.29, 0.717) is 5.60 Å². The SMILES string of the molecule is BrCC1CCC2(CCCO2)CC1. The molecule has 0 N–H and O–H groups in total. The Morgan fingerprint density at radius 2 is 2.00 bits per heavy atom. The summed E-state index contributed by atoms with van der Waals surface area (Å²) in [7, 11) is 0. The van der Waals surface area contributed by atoms with Crippen molar-refractivity contribution in [2.45, 2.75) is 44.1 Å². The van der Waals surface area contributed by atoms with E-state index in [-0.39, 0.29) is 0 Å². The number of rotatable bonds is 1. The Hall–Kier alpha value is 0.440. The molecule has 1 heterocycles. The van der Waals surface area contributed by atoms with Crippen LogP contribution >= 0.6 is 15.9 Å². The van der Waals surface area contributed by atoms with Crippen LogP contribution < -0.4 is 0 Å². The van der Waals surface area contributed by atoms with Gasteiger partial charge in [-0.3, -0.25) is 0 Å². The van der Waals surface area contributed by atoms with Crippen LogP contribution in [0.1, 0.15) is 38.5 Å². The second-order valence-corrected chi connectivity index (χ2v) is 4.88. The van der Waals surface area contributed by atoms with E-state index in [2.05, 4.69) is 15.9 Å². The van der Waals surface area contributed by atoms with Crippen molar-refractivity contribution in [3.63, 3.8) is 0 Å². The van der Waals surface area contributed by atoms with Crippen molar-refractivity contribution in [3.05, 3.63) is 0 Å². The lowest BCUT2D eigenvalue weighted by atomic mass is 9.78. The second-order valence-electron chi connectivity index (χ2n) is 4.23. The van der Waals surface area contributed by atoms with Gasteiger partial charge in [-0.1, -0.05) is 15.9 Å². The molecule has 2 fully saturated rings. The summed E-state index contributed by atoms with van der Waals surface area (Å²) in [4.78, 5) is 0. The van der Waals surface area contributed by atoms with E-state index < -0.39 is 0 Å². The summed E-state index contributed by atoms with van der Waals surface area (Å²) in [5.74, 6) is 0.917. The molecule has 1 aliphatic heterocycles. The minimum absolute atomic E-state index is 0.332. The van der Waals surface area contributed by atoms with Gasteiger partial charge >= 0.3 is 0 Å². The monoisotopic (exact) mass is 232 g/mol. The first-order chi connectivity index (χ1) is 5.85. The van der Waals surface area contributed by atoms with Gasteiger partial charge < -0.3 is 4.74 Å². The molecule has 2 rings (SSSR count). The molecule has 1 aliphatic carbocycles. The molecule has 2 aliphatic rings. The molecule has 1 saturated heterocycles. The van der Waals surface area contributed by atoms with E-state index in [1.165, 1.54) is 43.9 Å². The average Bonchev–Trinajstić information content (AvgIpc) is 2.55. The number of ether oxygens (including phenoxy) is 1. The van der Waals surface area contributed by atoms with E-state index >= 15 is 0 Å². The van der Waals surface area contributed by atoms with Crippen molar-refractivity contribution in [2.24, 2.45) is 5.92 Å². The molecule has 1 saturated carbocycles. The fourth-order valence-corrected chi connectivity index (χ4v) is 3.15. The first-order valence-electron chi connectivity index (χ1n) is 5.05. The molecule has 0 radical (unpaired) electrons. The van der Waals surface area contributed by atoms with Gasteiger partial charge in [-0.15, -0.1) is 0 Å². The predicted molar refractivity (Wildman–Crippen MR) is 53.7 cm³/mol. The lowest BCUT2D eigenvalue weighted by molar-refractivity contribution is -0.0324. The normalized spacial score (nSPS) is 42.2. The molecule has 1 spiro atoms. The Morgan fingerprint density at radius 1 is 1.25 bits per heavy atom. The maximum absolute atomic E-state index is 5.86. The predicted octanol–water partition coefficient (Wildman–Crippen LogP) is 3.12. The smallest absolute Gasteiger partial charge is 0.0683 e. The topological polar surface area (TPSA) is 9.23 Å². The van der Waals surface area contributed by atoms with Crippen LogP contribution in [0.5, 0.6) is 0 Å². The molecular weight excluding hydrogens is 216 g/mol. The summed E-state index contributed by atoms with van der Waals surface area (Å²) in [5, 5.41) is 1.18. The molecule has 1 nitrogen and oxygen atoms in total. The first-order valence-corrected chi connectivity index (χ1v) is 6.17. The van der Waals surface area contributed by atoms with E-state index in [4.69, 9.17) is 4.74 Å². The Morgan fingerprint density at radius 3 is 2.50 bits per heavy atom. The first kappa shape index (κ1) is 9.01. The largest absolute Gasteiger partial charge is 0.375 e. The summed E-state index contributed by atoms with van der Waals surface area (Å²) in [6, 6.07) is 0. The molecule has 0 amide bonds. The molecule has 12 heavy (non-hydrogen) atoms. The number of hydrogen-bond acceptors (Lipinski definition) is 1. The van der Waals surface area contributed by atoms with Crippen molar-refractivity contribution in [1.82, 2.24) is 0 Å². The van der Waals surface area contributed by atoms with Crippen LogP contribution in [0.25, 0.3) is 0 Å². The minimum atomic E-state index is 0.332. The lowest BCUT2D eigenvalue weighted by Gasteiger charge is -2.35. The van der Waals surface area contributed by atoms with Crippen molar-refractivity contribution in [1.29, 1.82) is 0 Å². The number of hydrogen-bond donors (Lipinski definition) is 0. The average molecular weight is 233 g/mol. The van der Waals surface area contributed by atoms with Gasteiger partial charge in [0.15, 0.2) is 0 Å². The maximum Gasteiger partial charge on any atom is 0.0683 e. The summed E-state index contributed by atoms with van der Waals surface area (Å²) >= 11 is 3.57. The Bertz CT molecular complexity index is 142. The zero-order valence-corrected chi connectivity index (χ0v) is 9.11. The van der Waals surface area contributed by atoms with Crippen LogP contribution in [-0.2, 0) is 4.74 Å². The van der Waals surface area contributed by atoms with E-state index in [9.17, 15) is 0 Å². The Balaban J connectivity index is 1.88. The summed E-state index contributed by atoms with van der Waals surface area (Å²) < 4.78 is 5.86. The third-order valence-electron chi connectivity index (χ3n) is 3.42. The van der Waals surface area contributed by atoms with Gasteiger partial charge in [-0.2, -0.15) is 0 Å². The van der Waals surface area contributed by atoms with Crippen LogP contribution in [0.2, 0.25) is 0 Å². The molecule has 0 aromatic carbocycles. The van der Waals surface area contributed by atoms with Gasteiger partial charge in [0, 0.05) is 11.9 Å². The van der Waals surface area contributed by atoms with Gasteiger partial charge in [0.2, 0.25) is 0 Å². The standard InChI is InChI=1S/C10H17BrO/c11-8-9-2-5-10(6-3-9)4-1-7-12-10/h9H,1-8H2. The Labute approximate surface area is 83.0 Å². The van der Waals surface area contributed by atoms with Gasteiger partial charge in [0.25, 0.3) is 0 Å². The highest BCUT2D eigenvalue weighted by atomic mass is 79.9. The Kier molecular flexibility index (Phi) is 2.75. The van der Waals surface area contributed by atoms with Crippen molar-refractivity contribution < 1.29 is 4.74 Å². The van der Waals surface area contributed by atoms with E-state index in [1.807, 2.05) is 0 Å². The van der Waals surface area contributed by atoms with Crippen LogP contribution in [0.15, 0.2) is 0 Å². The fourth-order valence-electron chi connectivity index (χ4n) is 2.51. The lowest BCUT2D eigenvalue weighted by Crippen LogP contribution is -2.33. The van der Waals surface area contributed by atoms with Crippen LogP contribution in [0, 0.1) is 5.92 Å². The number of halogens is 1. The fraction of sp³-hybridized carbons (Fsp3) is 1.00.